The van der Waals surface area contributed by atoms with Crippen LogP contribution in [0, 0.1) is 0 Å². The Morgan fingerprint density at radius 3 is 2.69 bits per heavy atom. The van der Waals surface area contributed by atoms with Crippen LogP contribution in [0.2, 0.25) is 0 Å². The van der Waals surface area contributed by atoms with E-state index >= 15 is 0 Å². The molecule has 0 amide bonds. The van der Waals surface area contributed by atoms with E-state index < -0.39 is 0 Å². The molecule has 2 nitrogen and oxygen atoms in total. The van der Waals surface area contributed by atoms with Crippen LogP contribution in [-0.4, -0.2) is 6.04 Å². The lowest BCUT2D eigenvalue weighted by Crippen LogP contribution is -2.22. The fraction of sp³-hybridized carbons (Fsp3) is 0.0909. The number of allylic oxidation sites excluding steroid dienone is 5. The average Bonchev–Trinajstić information content (AvgIpc) is 2.21. The highest BCUT2D eigenvalue weighted by molar-refractivity contribution is 5.30. The van der Waals surface area contributed by atoms with Crippen LogP contribution in [0.25, 0.3) is 0 Å². The SMILES string of the molecule is C1=CN/C(=C\C2C=CC=CN2)C=C1. The van der Waals surface area contributed by atoms with Gasteiger partial charge in [0.25, 0.3) is 0 Å². The standard InChI is InChI=1S/C11H12N2/c1-3-7-12-10(5-1)9-11-6-2-4-8-13-11/h1-10,12-13H/b11-9-. The van der Waals surface area contributed by atoms with Crippen LogP contribution in [0.3, 0.4) is 0 Å². The lowest BCUT2D eigenvalue weighted by molar-refractivity contribution is 0.816. The largest absolute Gasteiger partial charge is 0.381 e. The van der Waals surface area contributed by atoms with E-state index in [1.54, 1.807) is 0 Å². The topological polar surface area (TPSA) is 24.1 Å². The smallest absolute Gasteiger partial charge is 0.0649 e. The van der Waals surface area contributed by atoms with E-state index in [9.17, 15) is 0 Å². The van der Waals surface area contributed by atoms with Gasteiger partial charge >= 0.3 is 0 Å². The fourth-order valence-electron chi connectivity index (χ4n) is 1.27. The molecule has 13 heavy (non-hydrogen) atoms. The first kappa shape index (κ1) is 7.92. The Morgan fingerprint density at radius 1 is 1.08 bits per heavy atom. The summed E-state index contributed by atoms with van der Waals surface area (Å²) in [5.41, 5.74) is 1.12. The highest BCUT2D eigenvalue weighted by Crippen LogP contribution is 2.03. The molecule has 0 spiro atoms. The quantitative estimate of drug-likeness (QED) is 0.627. The summed E-state index contributed by atoms with van der Waals surface area (Å²) in [4.78, 5) is 0. The van der Waals surface area contributed by atoms with Crippen LogP contribution in [0.15, 0.2) is 60.6 Å². The van der Waals surface area contributed by atoms with E-state index in [0.29, 0.717) is 6.04 Å². The first-order valence-electron chi connectivity index (χ1n) is 4.36. The Morgan fingerprint density at radius 2 is 2.00 bits per heavy atom. The third kappa shape index (κ3) is 2.12. The maximum absolute atomic E-state index is 3.22. The molecule has 2 aliphatic heterocycles. The summed E-state index contributed by atoms with van der Waals surface area (Å²) in [5, 5.41) is 6.39. The van der Waals surface area contributed by atoms with Gasteiger partial charge in [-0.25, -0.2) is 0 Å². The zero-order valence-corrected chi connectivity index (χ0v) is 7.27. The van der Waals surface area contributed by atoms with E-state index in [1.165, 1.54) is 0 Å². The first-order valence-corrected chi connectivity index (χ1v) is 4.36. The van der Waals surface area contributed by atoms with Crippen molar-refractivity contribution in [2.45, 2.75) is 6.04 Å². The van der Waals surface area contributed by atoms with Gasteiger partial charge in [0, 0.05) is 11.9 Å². The van der Waals surface area contributed by atoms with Crippen molar-refractivity contribution in [2.75, 3.05) is 0 Å². The second-order valence-corrected chi connectivity index (χ2v) is 2.92. The van der Waals surface area contributed by atoms with Gasteiger partial charge in [0.1, 0.15) is 0 Å². The van der Waals surface area contributed by atoms with Gasteiger partial charge in [0.2, 0.25) is 0 Å². The Hall–Kier alpha value is -1.70. The molecule has 2 rings (SSSR count). The van der Waals surface area contributed by atoms with Crippen molar-refractivity contribution in [3.63, 3.8) is 0 Å². The van der Waals surface area contributed by atoms with Crippen molar-refractivity contribution in [2.24, 2.45) is 0 Å². The minimum Gasteiger partial charge on any atom is -0.381 e. The van der Waals surface area contributed by atoms with E-state index in [-0.39, 0.29) is 0 Å². The average molecular weight is 172 g/mol. The van der Waals surface area contributed by atoms with Crippen molar-refractivity contribution in [3.8, 4) is 0 Å². The summed E-state index contributed by atoms with van der Waals surface area (Å²) in [5.74, 6) is 0. The van der Waals surface area contributed by atoms with E-state index in [1.807, 2.05) is 42.8 Å². The third-order valence-corrected chi connectivity index (χ3v) is 1.91. The molecule has 0 fully saturated rings. The molecule has 0 saturated heterocycles. The Bertz CT molecular complexity index is 319. The Labute approximate surface area is 78.0 Å². The molecule has 0 aromatic carbocycles. The monoisotopic (exact) mass is 172 g/mol. The fourth-order valence-corrected chi connectivity index (χ4v) is 1.27. The molecule has 2 heterocycles. The zero-order chi connectivity index (χ0) is 8.93. The van der Waals surface area contributed by atoms with Crippen molar-refractivity contribution < 1.29 is 0 Å². The predicted octanol–water partition coefficient (Wildman–Crippen LogP) is 1.59. The molecule has 0 aromatic heterocycles. The molecule has 0 bridgehead atoms. The molecule has 1 atom stereocenters. The second-order valence-electron chi connectivity index (χ2n) is 2.92. The number of rotatable bonds is 1. The van der Waals surface area contributed by atoms with Gasteiger partial charge in [0.15, 0.2) is 0 Å². The second kappa shape index (κ2) is 3.81. The van der Waals surface area contributed by atoms with Crippen LogP contribution >= 0.6 is 0 Å². The highest BCUT2D eigenvalue weighted by Gasteiger charge is 2.01. The van der Waals surface area contributed by atoms with Crippen LogP contribution in [0.4, 0.5) is 0 Å². The van der Waals surface area contributed by atoms with Gasteiger partial charge in [-0.1, -0.05) is 18.2 Å². The molecule has 2 heteroatoms. The zero-order valence-electron chi connectivity index (χ0n) is 7.27. The van der Waals surface area contributed by atoms with Crippen molar-refractivity contribution in [1.29, 1.82) is 0 Å². The number of hydrogen-bond donors (Lipinski definition) is 2. The van der Waals surface area contributed by atoms with Crippen molar-refractivity contribution >= 4 is 0 Å². The maximum Gasteiger partial charge on any atom is 0.0649 e. The summed E-state index contributed by atoms with van der Waals surface area (Å²) < 4.78 is 0. The molecule has 0 saturated carbocycles. The molecular weight excluding hydrogens is 160 g/mol. The molecule has 2 aliphatic rings. The van der Waals surface area contributed by atoms with Crippen molar-refractivity contribution in [3.05, 3.63) is 60.6 Å². The molecule has 0 aliphatic carbocycles. The predicted molar refractivity (Wildman–Crippen MR) is 54.7 cm³/mol. The lowest BCUT2D eigenvalue weighted by Gasteiger charge is -2.13. The lowest BCUT2D eigenvalue weighted by atomic mass is 10.1. The highest BCUT2D eigenvalue weighted by atomic mass is 14.9. The van der Waals surface area contributed by atoms with Gasteiger partial charge in [0.05, 0.1) is 6.04 Å². The molecular formula is C11H12N2. The minimum atomic E-state index is 0.295. The Kier molecular flexibility index (Phi) is 2.32. The summed E-state index contributed by atoms with van der Waals surface area (Å²) >= 11 is 0. The summed E-state index contributed by atoms with van der Waals surface area (Å²) in [6, 6.07) is 0.295. The molecule has 0 aromatic rings. The normalized spacial score (nSPS) is 27.4. The third-order valence-electron chi connectivity index (χ3n) is 1.91. The molecule has 1 unspecified atom stereocenters. The van der Waals surface area contributed by atoms with Gasteiger partial charge < -0.3 is 10.6 Å². The maximum atomic E-state index is 3.22. The van der Waals surface area contributed by atoms with E-state index in [2.05, 4.69) is 22.8 Å². The summed E-state index contributed by atoms with van der Waals surface area (Å²) in [6.07, 6.45) is 18.2. The van der Waals surface area contributed by atoms with Crippen LogP contribution < -0.4 is 10.6 Å². The van der Waals surface area contributed by atoms with Gasteiger partial charge in [-0.05, 0) is 30.5 Å². The van der Waals surface area contributed by atoms with Gasteiger partial charge in [-0.15, -0.1) is 0 Å². The van der Waals surface area contributed by atoms with Crippen molar-refractivity contribution in [1.82, 2.24) is 10.6 Å². The number of nitrogens with one attached hydrogen (secondary N) is 2. The van der Waals surface area contributed by atoms with E-state index in [0.717, 1.165) is 5.70 Å². The van der Waals surface area contributed by atoms with E-state index in [4.69, 9.17) is 0 Å². The first-order chi connectivity index (χ1) is 6.45. The molecule has 2 N–H and O–H groups in total. The van der Waals surface area contributed by atoms with Crippen LogP contribution in [0.5, 0.6) is 0 Å². The van der Waals surface area contributed by atoms with Gasteiger partial charge in [-0.3, -0.25) is 0 Å². The Balaban J connectivity index is 2.03. The van der Waals surface area contributed by atoms with Crippen LogP contribution in [0.1, 0.15) is 0 Å². The summed E-state index contributed by atoms with van der Waals surface area (Å²) in [7, 11) is 0. The number of dihydropyridines is 2. The van der Waals surface area contributed by atoms with Gasteiger partial charge in [-0.2, -0.15) is 0 Å². The molecule has 66 valence electrons. The summed E-state index contributed by atoms with van der Waals surface area (Å²) in [6.45, 7) is 0. The minimum absolute atomic E-state index is 0.295. The number of hydrogen-bond acceptors (Lipinski definition) is 2. The van der Waals surface area contributed by atoms with Crippen LogP contribution in [-0.2, 0) is 0 Å². The molecule has 0 radical (unpaired) electrons.